The van der Waals surface area contributed by atoms with Gasteiger partial charge in [-0.3, -0.25) is 4.79 Å². The Morgan fingerprint density at radius 1 is 1.29 bits per heavy atom. The van der Waals surface area contributed by atoms with E-state index < -0.39 is 21.7 Å². The van der Waals surface area contributed by atoms with Crippen molar-refractivity contribution in [2.75, 3.05) is 11.6 Å². The standard InChI is InChI=1S/C11H11FN4O3S2/c1-21(18,19)13-6-9-15-16-11(20-9)10(17)14-8-4-2-7(12)3-5-8/h2-5,13H,6H2,1H3,(H,14,17). The maximum Gasteiger partial charge on any atom is 0.286 e. The fourth-order valence-corrected chi connectivity index (χ4v) is 2.49. The van der Waals surface area contributed by atoms with E-state index in [1.165, 1.54) is 24.3 Å². The minimum absolute atomic E-state index is 0.0275. The lowest BCUT2D eigenvalue weighted by molar-refractivity contribution is 0.102. The normalized spacial score (nSPS) is 11.3. The van der Waals surface area contributed by atoms with Crippen molar-refractivity contribution < 1.29 is 17.6 Å². The van der Waals surface area contributed by atoms with Gasteiger partial charge in [0.15, 0.2) is 0 Å². The molecular formula is C11H11FN4O3S2. The van der Waals surface area contributed by atoms with Crippen molar-refractivity contribution in [1.29, 1.82) is 0 Å². The molecule has 21 heavy (non-hydrogen) atoms. The molecule has 1 heterocycles. The monoisotopic (exact) mass is 330 g/mol. The molecule has 2 aromatic rings. The van der Waals surface area contributed by atoms with Crippen LogP contribution >= 0.6 is 11.3 Å². The highest BCUT2D eigenvalue weighted by Crippen LogP contribution is 2.14. The van der Waals surface area contributed by atoms with E-state index in [0.717, 1.165) is 17.6 Å². The number of hydrogen-bond acceptors (Lipinski definition) is 6. The predicted molar refractivity (Wildman–Crippen MR) is 75.9 cm³/mol. The van der Waals surface area contributed by atoms with Crippen LogP contribution in [-0.2, 0) is 16.6 Å². The van der Waals surface area contributed by atoms with Crippen LogP contribution in [0.2, 0.25) is 0 Å². The highest BCUT2D eigenvalue weighted by atomic mass is 32.2. The fraction of sp³-hybridized carbons (Fsp3) is 0.182. The van der Waals surface area contributed by atoms with Crippen LogP contribution in [0.1, 0.15) is 14.8 Å². The van der Waals surface area contributed by atoms with E-state index in [1.807, 2.05) is 0 Å². The van der Waals surface area contributed by atoms with E-state index in [2.05, 4.69) is 20.2 Å². The zero-order valence-corrected chi connectivity index (χ0v) is 12.5. The SMILES string of the molecule is CS(=O)(=O)NCc1nnc(C(=O)Nc2ccc(F)cc2)s1. The first-order valence-corrected chi connectivity index (χ1v) is 8.38. The van der Waals surface area contributed by atoms with Gasteiger partial charge in [0.2, 0.25) is 15.0 Å². The molecule has 0 radical (unpaired) electrons. The third kappa shape index (κ3) is 4.85. The average molecular weight is 330 g/mol. The fourth-order valence-electron chi connectivity index (χ4n) is 1.33. The Morgan fingerprint density at radius 3 is 2.57 bits per heavy atom. The van der Waals surface area contributed by atoms with Gasteiger partial charge < -0.3 is 5.32 Å². The number of halogens is 1. The molecule has 0 saturated heterocycles. The Morgan fingerprint density at radius 2 is 1.95 bits per heavy atom. The number of rotatable bonds is 5. The Bertz CT molecular complexity index is 743. The summed E-state index contributed by atoms with van der Waals surface area (Å²) >= 11 is 0.969. The van der Waals surface area contributed by atoms with E-state index in [0.29, 0.717) is 10.7 Å². The summed E-state index contributed by atoms with van der Waals surface area (Å²) in [5.74, 6) is -0.900. The number of aromatic nitrogens is 2. The number of carbonyl (C=O) groups is 1. The van der Waals surface area contributed by atoms with Crippen molar-refractivity contribution in [1.82, 2.24) is 14.9 Å². The van der Waals surface area contributed by atoms with Crippen molar-refractivity contribution in [2.45, 2.75) is 6.54 Å². The molecule has 0 unspecified atom stereocenters. The molecule has 112 valence electrons. The lowest BCUT2D eigenvalue weighted by atomic mass is 10.3. The summed E-state index contributed by atoms with van der Waals surface area (Å²) in [4.78, 5) is 11.9. The molecule has 1 amide bonds. The van der Waals surface area contributed by atoms with Crippen molar-refractivity contribution in [3.8, 4) is 0 Å². The van der Waals surface area contributed by atoms with Crippen LogP contribution in [0.15, 0.2) is 24.3 Å². The van der Waals surface area contributed by atoms with E-state index in [-0.39, 0.29) is 11.6 Å². The molecule has 0 atom stereocenters. The predicted octanol–water partition coefficient (Wildman–Crippen LogP) is 0.979. The third-order valence-corrected chi connectivity index (χ3v) is 3.84. The quantitative estimate of drug-likeness (QED) is 0.851. The minimum Gasteiger partial charge on any atom is -0.320 e. The topological polar surface area (TPSA) is 101 Å². The molecule has 0 saturated carbocycles. The Hall–Kier alpha value is -1.91. The zero-order chi connectivity index (χ0) is 15.5. The number of amides is 1. The van der Waals surface area contributed by atoms with E-state index in [9.17, 15) is 17.6 Å². The lowest BCUT2D eigenvalue weighted by Crippen LogP contribution is -2.21. The average Bonchev–Trinajstić information content (AvgIpc) is 2.87. The van der Waals surface area contributed by atoms with Crippen molar-refractivity contribution in [2.24, 2.45) is 0 Å². The molecule has 0 fully saturated rings. The van der Waals surface area contributed by atoms with Crippen LogP contribution in [0.3, 0.4) is 0 Å². The van der Waals surface area contributed by atoms with Gasteiger partial charge in [-0.25, -0.2) is 17.5 Å². The van der Waals surface area contributed by atoms with E-state index >= 15 is 0 Å². The molecule has 7 nitrogen and oxygen atoms in total. The molecule has 2 rings (SSSR count). The number of nitrogens with one attached hydrogen (secondary N) is 2. The molecule has 1 aromatic heterocycles. The van der Waals surface area contributed by atoms with Crippen LogP contribution in [-0.4, -0.2) is 30.8 Å². The summed E-state index contributed by atoms with van der Waals surface area (Å²) in [6.07, 6.45) is 1.02. The van der Waals surface area contributed by atoms with E-state index in [4.69, 9.17) is 0 Å². The molecule has 0 bridgehead atoms. The van der Waals surface area contributed by atoms with Gasteiger partial charge in [0.1, 0.15) is 10.8 Å². The molecule has 2 N–H and O–H groups in total. The second-order valence-corrected chi connectivity index (χ2v) is 6.95. The number of nitrogens with zero attached hydrogens (tertiary/aromatic N) is 2. The smallest absolute Gasteiger partial charge is 0.286 e. The van der Waals surface area contributed by atoms with Crippen LogP contribution in [0.4, 0.5) is 10.1 Å². The zero-order valence-electron chi connectivity index (χ0n) is 10.8. The number of hydrogen-bond donors (Lipinski definition) is 2. The van der Waals surface area contributed by atoms with Gasteiger partial charge in [-0.2, -0.15) is 0 Å². The first kappa shape index (κ1) is 15.5. The van der Waals surface area contributed by atoms with Gasteiger partial charge in [0.25, 0.3) is 5.91 Å². The number of benzene rings is 1. The molecule has 0 aliphatic carbocycles. The van der Waals surface area contributed by atoms with Crippen LogP contribution in [0.25, 0.3) is 0 Å². The number of anilines is 1. The lowest BCUT2D eigenvalue weighted by Gasteiger charge is -2.01. The van der Waals surface area contributed by atoms with Crippen molar-refractivity contribution >= 4 is 33.0 Å². The molecule has 0 aliphatic heterocycles. The summed E-state index contributed by atoms with van der Waals surface area (Å²) in [5, 5.41) is 10.4. The second-order valence-electron chi connectivity index (χ2n) is 4.06. The van der Waals surface area contributed by atoms with Gasteiger partial charge in [-0.15, -0.1) is 10.2 Å². The molecular weight excluding hydrogens is 319 g/mol. The van der Waals surface area contributed by atoms with Gasteiger partial charge in [-0.05, 0) is 24.3 Å². The molecule has 10 heteroatoms. The van der Waals surface area contributed by atoms with Crippen LogP contribution in [0, 0.1) is 5.82 Å². The maximum absolute atomic E-state index is 12.7. The number of sulfonamides is 1. The van der Waals surface area contributed by atoms with Gasteiger partial charge in [-0.1, -0.05) is 11.3 Å². The Balaban J connectivity index is 2.00. The van der Waals surface area contributed by atoms with Gasteiger partial charge >= 0.3 is 0 Å². The van der Waals surface area contributed by atoms with Gasteiger partial charge in [0, 0.05) is 5.69 Å². The maximum atomic E-state index is 12.7. The van der Waals surface area contributed by atoms with Crippen molar-refractivity contribution in [3.05, 3.63) is 40.1 Å². The molecule has 0 spiro atoms. The van der Waals surface area contributed by atoms with Crippen LogP contribution in [0.5, 0.6) is 0 Å². The molecule has 1 aromatic carbocycles. The Kier molecular flexibility index (Phi) is 4.60. The number of carbonyl (C=O) groups excluding carboxylic acids is 1. The first-order valence-electron chi connectivity index (χ1n) is 5.67. The first-order chi connectivity index (χ1) is 9.83. The summed E-state index contributed by atoms with van der Waals surface area (Å²) in [7, 11) is -3.33. The summed E-state index contributed by atoms with van der Waals surface area (Å²) in [6, 6.07) is 5.27. The highest BCUT2D eigenvalue weighted by Gasteiger charge is 2.14. The summed E-state index contributed by atoms with van der Waals surface area (Å²) in [5.41, 5.74) is 0.424. The molecule has 0 aliphatic rings. The highest BCUT2D eigenvalue weighted by molar-refractivity contribution is 7.88. The largest absolute Gasteiger partial charge is 0.320 e. The van der Waals surface area contributed by atoms with Crippen LogP contribution < -0.4 is 10.0 Å². The third-order valence-electron chi connectivity index (χ3n) is 2.25. The van der Waals surface area contributed by atoms with E-state index in [1.54, 1.807) is 0 Å². The summed E-state index contributed by atoms with van der Waals surface area (Å²) < 4.78 is 36.9. The minimum atomic E-state index is -3.33. The van der Waals surface area contributed by atoms with Gasteiger partial charge in [0.05, 0.1) is 12.8 Å². The summed E-state index contributed by atoms with van der Waals surface area (Å²) in [6.45, 7) is -0.0275. The Labute approximate surface area is 124 Å². The second kappa shape index (κ2) is 6.24. The van der Waals surface area contributed by atoms with Crippen molar-refractivity contribution in [3.63, 3.8) is 0 Å².